The van der Waals surface area contributed by atoms with E-state index in [4.69, 9.17) is 0 Å². The third-order valence-electron chi connectivity index (χ3n) is 3.72. The van der Waals surface area contributed by atoms with Crippen LogP contribution in [0.1, 0.15) is 65.2 Å². The molecule has 0 amide bonds. The maximum atomic E-state index is 2.36. The van der Waals surface area contributed by atoms with Gasteiger partial charge in [0.25, 0.3) is 0 Å². The summed E-state index contributed by atoms with van der Waals surface area (Å²) < 4.78 is 0. The van der Waals surface area contributed by atoms with E-state index in [1.54, 1.807) is 0 Å². The lowest BCUT2D eigenvalue weighted by Gasteiger charge is -2.32. The molecule has 0 spiro atoms. The molecule has 92 valence electrons. The van der Waals surface area contributed by atoms with Gasteiger partial charge in [0.2, 0.25) is 0 Å². The van der Waals surface area contributed by atoms with E-state index in [1.165, 1.54) is 64.5 Å². The van der Waals surface area contributed by atoms with Gasteiger partial charge in [-0.2, -0.15) is 0 Å². The van der Waals surface area contributed by atoms with Crippen molar-refractivity contribution in [3.8, 4) is 0 Å². The van der Waals surface area contributed by atoms with Gasteiger partial charge in [0.05, 0.1) is 19.1 Å². The van der Waals surface area contributed by atoms with E-state index in [-0.39, 0.29) is 4.70 Å². The molecular formula is C13H28FN. The molecule has 1 aliphatic rings. The zero-order valence-corrected chi connectivity index (χ0v) is 10.5. The van der Waals surface area contributed by atoms with Gasteiger partial charge in [-0.05, 0) is 38.5 Å². The van der Waals surface area contributed by atoms with Crippen molar-refractivity contribution in [1.29, 1.82) is 0 Å². The monoisotopic (exact) mass is 217 g/mol. The van der Waals surface area contributed by atoms with Crippen molar-refractivity contribution in [2.24, 2.45) is 0 Å². The third-order valence-corrected chi connectivity index (χ3v) is 3.72. The normalized spacial score (nSPS) is 26.0. The first-order valence-electron chi connectivity index (χ1n) is 6.73. The molecule has 1 nitrogen and oxygen atoms in total. The highest BCUT2D eigenvalue weighted by atomic mass is 19.0. The lowest BCUT2D eigenvalue weighted by molar-refractivity contribution is -0.931. The van der Waals surface area contributed by atoms with Crippen molar-refractivity contribution in [1.82, 2.24) is 0 Å². The van der Waals surface area contributed by atoms with Gasteiger partial charge in [-0.25, -0.2) is 0 Å². The molecule has 0 bridgehead atoms. The van der Waals surface area contributed by atoms with E-state index in [2.05, 4.69) is 13.8 Å². The fourth-order valence-corrected chi connectivity index (χ4v) is 2.75. The van der Waals surface area contributed by atoms with Gasteiger partial charge < -0.3 is 9.60 Å². The van der Waals surface area contributed by atoms with Crippen molar-refractivity contribution in [2.45, 2.75) is 71.3 Å². The SMILES string of the molecule is CCCCCC[NH+]1CCCCC1CC.[F-]. The van der Waals surface area contributed by atoms with Gasteiger partial charge in [-0.3, -0.25) is 0 Å². The number of nitrogens with one attached hydrogen (secondary N) is 1. The predicted molar refractivity (Wildman–Crippen MR) is 62.8 cm³/mol. The Hall–Kier alpha value is -0.110. The number of piperidine rings is 1. The second-order valence-corrected chi connectivity index (χ2v) is 4.82. The van der Waals surface area contributed by atoms with Gasteiger partial charge in [-0.1, -0.05) is 26.7 Å². The third kappa shape index (κ3) is 5.50. The summed E-state index contributed by atoms with van der Waals surface area (Å²) >= 11 is 0. The Labute approximate surface area is 94.6 Å². The van der Waals surface area contributed by atoms with Crippen molar-refractivity contribution < 1.29 is 9.60 Å². The molecule has 0 aliphatic carbocycles. The van der Waals surface area contributed by atoms with E-state index >= 15 is 0 Å². The highest BCUT2D eigenvalue weighted by molar-refractivity contribution is 4.59. The molecule has 1 heterocycles. The summed E-state index contributed by atoms with van der Waals surface area (Å²) in [6.45, 7) is 7.55. The Bertz CT molecular complexity index is 138. The smallest absolute Gasteiger partial charge is 0.0872 e. The Morgan fingerprint density at radius 3 is 2.53 bits per heavy atom. The van der Waals surface area contributed by atoms with Gasteiger partial charge in [0.15, 0.2) is 0 Å². The molecule has 0 radical (unpaired) electrons. The van der Waals surface area contributed by atoms with Gasteiger partial charge in [0.1, 0.15) is 0 Å². The van der Waals surface area contributed by atoms with E-state index in [0.29, 0.717) is 0 Å². The highest BCUT2D eigenvalue weighted by Gasteiger charge is 2.23. The molecule has 1 fully saturated rings. The van der Waals surface area contributed by atoms with Crippen molar-refractivity contribution in [3.05, 3.63) is 0 Å². The molecule has 0 aromatic carbocycles. The van der Waals surface area contributed by atoms with Gasteiger partial charge in [-0.15, -0.1) is 0 Å². The van der Waals surface area contributed by atoms with Gasteiger partial charge >= 0.3 is 0 Å². The zero-order chi connectivity index (χ0) is 10.2. The van der Waals surface area contributed by atoms with Crippen LogP contribution in [0.2, 0.25) is 0 Å². The van der Waals surface area contributed by atoms with Crippen LogP contribution in [0.25, 0.3) is 0 Å². The maximum absolute atomic E-state index is 2.36. The second-order valence-electron chi connectivity index (χ2n) is 4.82. The molecule has 1 aliphatic heterocycles. The number of unbranched alkanes of at least 4 members (excludes halogenated alkanes) is 3. The number of likely N-dealkylation sites (tertiary alicyclic amines) is 1. The fourth-order valence-electron chi connectivity index (χ4n) is 2.75. The lowest BCUT2D eigenvalue weighted by Crippen LogP contribution is -3.16. The largest absolute Gasteiger partial charge is 1.00 e. The summed E-state index contributed by atoms with van der Waals surface area (Å²) in [4.78, 5) is 1.91. The number of halogens is 1. The van der Waals surface area contributed by atoms with Crippen LogP contribution in [0.3, 0.4) is 0 Å². The van der Waals surface area contributed by atoms with Crippen molar-refractivity contribution >= 4 is 0 Å². The van der Waals surface area contributed by atoms with Crippen LogP contribution in [-0.4, -0.2) is 19.1 Å². The van der Waals surface area contributed by atoms with Gasteiger partial charge in [0, 0.05) is 0 Å². The lowest BCUT2D eigenvalue weighted by atomic mass is 9.99. The minimum atomic E-state index is 0. The molecule has 1 saturated heterocycles. The summed E-state index contributed by atoms with van der Waals surface area (Å²) in [7, 11) is 0. The molecule has 2 atom stereocenters. The van der Waals surface area contributed by atoms with Crippen molar-refractivity contribution in [3.63, 3.8) is 0 Å². The average Bonchev–Trinajstić information content (AvgIpc) is 2.25. The number of quaternary nitrogens is 1. The molecule has 0 saturated carbocycles. The fraction of sp³-hybridized carbons (Fsp3) is 1.00. The topological polar surface area (TPSA) is 4.44 Å². The van der Waals surface area contributed by atoms with Crippen LogP contribution < -0.4 is 9.60 Å². The van der Waals surface area contributed by atoms with E-state index < -0.39 is 0 Å². The molecule has 15 heavy (non-hydrogen) atoms. The first-order chi connectivity index (χ1) is 6.88. The standard InChI is InChI=1S/C13H27N.FH/c1-3-5-6-8-11-14-12-9-7-10-13(14)4-2;/h13H,3-12H2,1-2H3;1H. The first kappa shape index (κ1) is 14.9. The van der Waals surface area contributed by atoms with Crippen LogP contribution in [0.4, 0.5) is 0 Å². The molecule has 0 aromatic rings. The van der Waals surface area contributed by atoms with E-state index in [0.717, 1.165) is 6.04 Å². The molecule has 0 aromatic heterocycles. The Morgan fingerprint density at radius 1 is 1.07 bits per heavy atom. The molecular weight excluding hydrogens is 189 g/mol. The summed E-state index contributed by atoms with van der Waals surface area (Å²) in [6, 6.07) is 0.991. The average molecular weight is 217 g/mol. The predicted octanol–water partition coefficient (Wildman–Crippen LogP) is -0.582. The summed E-state index contributed by atoms with van der Waals surface area (Å²) in [6.07, 6.45) is 11.5. The first-order valence-corrected chi connectivity index (χ1v) is 6.73. The van der Waals surface area contributed by atoms with E-state index in [1.807, 2.05) is 4.90 Å². The number of hydrogen-bond acceptors (Lipinski definition) is 0. The number of hydrogen-bond donors (Lipinski definition) is 1. The molecule has 1 rings (SSSR count). The molecule has 2 heteroatoms. The Kier molecular flexibility index (Phi) is 9.07. The Balaban J connectivity index is 0.00000196. The van der Waals surface area contributed by atoms with Crippen LogP contribution in [-0.2, 0) is 0 Å². The number of rotatable bonds is 6. The molecule has 2 unspecified atom stereocenters. The van der Waals surface area contributed by atoms with Crippen LogP contribution in [0, 0.1) is 0 Å². The van der Waals surface area contributed by atoms with Crippen molar-refractivity contribution in [2.75, 3.05) is 13.1 Å². The van der Waals surface area contributed by atoms with E-state index in [9.17, 15) is 0 Å². The summed E-state index contributed by atoms with van der Waals surface area (Å²) in [5.74, 6) is 0. The minimum absolute atomic E-state index is 0. The Morgan fingerprint density at radius 2 is 1.87 bits per heavy atom. The van der Waals surface area contributed by atoms with Crippen LogP contribution in [0.5, 0.6) is 0 Å². The van der Waals surface area contributed by atoms with Crippen LogP contribution in [0.15, 0.2) is 0 Å². The quantitative estimate of drug-likeness (QED) is 0.568. The zero-order valence-electron chi connectivity index (χ0n) is 10.5. The van der Waals surface area contributed by atoms with Crippen LogP contribution >= 0.6 is 0 Å². The summed E-state index contributed by atoms with van der Waals surface area (Å²) in [5, 5.41) is 0. The summed E-state index contributed by atoms with van der Waals surface area (Å²) in [5.41, 5.74) is 0. The minimum Gasteiger partial charge on any atom is -1.00 e. The second kappa shape index (κ2) is 9.14. The maximum Gasteiger partial charge on any atom is 0.0872 e. The molecule has 1 N–H and O–H groups in total. The highest BCUT2D eigenvalue weighted by Crippen LogP contribution is 2.06.